The summed E-state index contributed by atoms with van der Waals surface area (Å²) in [5.41, 5.74) is 1.04. The second-order valence-corrected chi connectivity index (χ2v) is 13.5. The molecule has 2 aromatic carbocycles. The van der Waals surface area contributed by atoms with Crippen LogP contribution in [0, 0.1) is 0 Å². The Morgan fingerprint density at radius 2 is 1.79 bits per heavy atom. The van der Waals surface area contributed by atoms with E-state index >= 15 is 0 Å². The molecule has 1 fully saturated rings. The van der Waals surface area contributed by atoms with Gasteiger partial charge in [0.05, 0.1) is 10.6 Å². The number of amides is 3. The van der Waals surface area contributed by atoms with Crippen LogP contribution in [0.25, 0.3) is 10.8 Å². The Balaban J connectivity index is 1.46. The van der Waals surface area contributed by atoms with Gasteiger partial charge in [-0.1, -0.05) is 23.7 Å². The standard InChI is InChI=1S/C28H35ClN6O5S2/c1-19(36)31-9-10-32-27(38)25-17-34(16-23-18-41-28(30-2)33(23)3)11-12-35(25)26(37)8-13-42(39,40)24-7-5-20-14-22(29)6-4-21(20)15-24/h4-7,14-15,18,25H,8-13,16-17H2,1-3H3,(H,31,36)(H,32,38). The van der Waals surface area contributed by atoms with Gasteiger partial charge in [-0.05, 0) is 35.0 Å². The maximum atomic E-state index is 13.4. The third-order valence-electron chi connectivity index (χ3n) is 7.20. The van der Waals surface area contributed by atoms with Gasteiger partial charge in [0.15, 0.2) is 14.6 Å². The number of benzene rings is 2. The van der Waals surface area contributed by atoms with Crippen LogP contribution in [-0.4, -0.2) is 92.1 Å². The smallest absolute Gasteiger partial charge is 0.244 e. The average Bonchev–Trinajstić information content (AvgIpc) is 3.32. The SMILES string of the molecule is CN=c1scc(CN2CCN(C(=O)CCS(=O)(=O)c3ccc4cc(Cl)ccc4c3)C(C(=O)NCCNC(C)=O)C2)n1C. The predicted molar refractivity (Wildman–Crippen MR) is 163 cm³/mol. The molecule has 1 aromatic heterocycles. The number of halogens is 1. The molecular formula is C28H35ClN6O5S2. The predicted octanol–water partition coefficient (Wildman–Crippen LogP) is 1.55. The molecule has 1 atom stereocenters. The first kappa shape index (κ1) is 31.7. The number of rotatable bonds is 10. The van der Waals surface area contributed by atoms with E-state index in [0.29, 0.717) is 18.1 Å². The number of nitrogens with zero attached hydrogens (tertiary/aromatic N) is 4. The number of nitrogens with one attached hydrogen (secondary N) is 2. The molecule has 1 unspecified atom stereocenters. The second kappa shape index (κ2) is 13.8. The summed E-state index contributed by atoms with van der Waals surface area (Å²) in [7, 11) is -0.0882. The van der Waals surface area contributed by atoms with Crippen LogP contribution < -0.4 is 15.4 Å². The van der Waals surface area contributed by atoms with Gasteiger partial charge >= 0.3 is 0 Å². The first-order valence-electron chi connectivity index (χ1n) is 13.5. The number of hydrogen-bond donors (Lipinski definition) is 2. The van der Waals surface area contributed by atoms with Crippen molar-refractivity contribution >= 4 is 61.3 Å². The van der Waals surface area contributed by atoms with Crippen LogP contribution in [0.3, 0.4) is 0 Å². The number of piperazine rings is 1. The molecule has 0 spiro atoms. The fourth-order valence-corrected chi connectivity index (χ4v) is 7.19. The fourth-order valence-electron chi connectivity index (χ4n) is 4.90. The lowest BCUT2D eigenvalue weighted by Crippen LogP contribution is -2.60. The molecule has 0 bridgehead atoms. The van der Waals surface area contributed by atoms with Crippen LogP contribution in [0.1, 0.15) is 19.0 Å². The van der Waals surface area contributed by atoms with Crippen LogP contribution in [-0.2, 0) is 37.8 Å². The lowest BCUT2D eigenvalue weighted by atomic mass is 10.1. The van der Waals surface area contributed by atoms with Crippen LogP contribution in [0.4, 0.5) is 0 Å². The molecule has 0 aliphatic carbocycles. The van der Waals surface area contributed by atoms with Crippen LogP contribution in [0.2, 0.25) is 5.02 Å². The van der Waals surface area contributed by atoms with Gasteiger partial charge in [-0.2, -0.15) is 0 Å². The summed E-state index contributed by atoms with van der Waals surface area (Å²) < 4.78 is 28.3. The Bertz CT molecular complexity index is 1650. The molecule has 4 rings (SSSR count). The molecule has 14 heteroatoms. The normalized spacial score (nSPS) is 16.5. The lowest BCUT2D eigenvalue weighted by molar-refractivity contribution is -0.143. The first-order chi connectivity index (χ1) is 20.0. The molecular weight excluding hydrogens is 600 g/mol. The van der Waals surface area contributed by atoms with E-state index in [1.807, 2.05) is 17.0 Å². The minimum Gasteiger partial charge on any atom is -0.355 e. The molecule has 0 saturated carbocycles. The molecule has 226 valence electrons. The molecule has 42 heavy (non-hydrogen) atoms. The summed E-state index contributed by atoms with van der Waals surface area (Å²) in [5, 5.41) is 9.57. The Labute approximate surface area is 254 Å². The Morgan fingerprint density at radius 1 is 1.07 bits per heavy atom. The third kappa shape index (κ3) is 7.77. The van der Waals surface area contributed by atoms with Crippen molar-refractivity contribution in [1.82, 2.24) is 25.0 Å². The highest BCUT2D eigenvalue weighted by atomic mass is 35.5. The maximum absolute atomic E-state index is 13.4. The van der Waals surface area contributed by atoms with Gasteiger partial charge in [-0.3, -0.25) is 24.3 Å². The van der Waals surface area contributed by atoms with E-state index in [1.165, 1.54) is 29.2 Å². The summed E-state index contributed by atoms with van der Waals surface area (Å²) in [6, 6.07) is 9.19. The van der Waals surface area contributed by atoms with Crippen LogP contribution in [0.15, 0.2) is 51.7 Å². The quantitative estimate of drug-likeness (QED) is 0.325. The number of fused-ring (bicyclic) bond motifs is 1. The molecule has 1 aliphatic heterocycles. The van der Waals surface area contributed by atoms with Crippen LogP contribution in [0.5, 0.6) is 0 Å². The summed E-state index contributed by atoms with van der Waals surface area (Å²) >= 11 is 7.57. The lowest BCUT2D eigenvalue weighted by Gasteiger charge is -2.40. The van der Waals surface area contributed by atoms with Gasteiger partial charge in [-0.15, -0.1) is 11.3 Å². The average molecular weight is 635 g/mol. The molecule has 2 heterocycles. The summed E-state index contributed by atoms with van der Waals surface area (Å²) in [4.78, 5) is 46.7. The first-order valence-corrected chi connectivity index (χ1v) is 16.4. The van der Waals surface area contributed by atoms with Crippen molar-refractivity contribution in [3.8, 4) is 0 Å². The number of thiazole rings is 1. The van der Waals surface area contributed by atoms with E-state index in [1.54, 1.807) is 37.4 Å². The molecule has 1 aliphatic rings. The summed E-state index contributed by atoms with van der Waals surface area (Å²) in [5.74, 6) is -1.34. The van der Waals surface area contributed by atoms with E-state index in [9.17, 15) is 22.8 Å². The zero-order valence-corrected chi connectivity index (χ0v) is 26.2. The minimum atomic E-state index is -3.76. The number of carbonyl (C=O) groups is 3. The van der Waals surface area contributed by atoms with Gasteiger partial charge in [0, 0.05) is 82.8 Å². The van der Waals surface area contributed by atoms with Crippen molar-refractivity contribution in [2.24, 2.45) is 12.0 Å². The Morgan fingerprint density at radius 3 is 2.50 bits per heavy atom. The van der Waals surface area contributed by atoms with Crippen molar-refractivity contribution in [2.75, 3.05) is 45.5 Å². The van der Waals surface area contributed by atoms with Crippen molar-refractivity contribution in [3.63, 3.8) is 0 Å². The maximum Gasteiger partial charge on any atom is 0.244 e. The molecule has 3 amide bonds. The van der Waals surface area contributed by atoms with Crippen molar-refractivity contribution in [1.29, 1.82) is 0 Å². The topological polar surface area (TPSA) is 133 Å². The third-order valence-corrected chi connectivity index (χ3v) is 10.2. The van der Waals surface area contributed by atoms with E-state index in [0.717, 1.165) is 21.3 Å². The number of sulfone groups is 1. The van der Waals surface area contributed by atoms with E-state index in [-0.39, 0.29) is 55.1 Å². The minimum absolute atomic E-state index is 0.129. The van der Waals surface area contributed by atoms with Crippen molar-refractivity contribution < 1.29 is 22.8 Å². The van der Waals surface area contributed by atoms with Crippen molar-refractivity contribution in [3.05, 3.63) is 57.3 Å². The number of aromatic nitrogens is 1. The van der Waals surface area contributed by atoms with Gasteiger partial charge in [0.1, 0.15) is 6.04 Å². The highest BCUT2D eigenvalue weighted by molar-refractivity contribution is 7.91. The zero-order chi connectivity index (χ0) is 30.4. The highest BCUT2D eigenvalue weighted by Crippen LogP contribution is 2.24. The monoisotopic (exact) mass is 634 g/mol. The molecule has 11 nitrogen and oxygen atoms in total. The van der Waals surface area contributed by atoms with Gasteiger partial charge < -0.3 is 20.1 Å². The highest BCUT2D eigenvalue weighted by Gasteiger charge is 2.35. The van der Waals surface area contributed by atoms with Crippen molar-refractivity contribution in [2.45, 2.75) is 30.8 Å². The molecule has 1 saturated heterocycles. The van der Waals surface area contributed by atoms with Gasteiger partial charge in [0.2, 0.25) is 17.7 Å². The summed E-state index contributed by atoms with van der Waals surface area (Å²) in [6.45, 7) is 3.52. The van der Waals surface area contributed by atoms with E-state index < -0.39 is 21.8 Å². The number of carbonyl (C=O) groups excluding carboxylic acids is 3. The fraction of sp³-hybridized carbons (Fsp3) is 0.429. The Hall–Kier alpha value is -3.26. The molecule has 0 radical (unpaired) electrons. The van der Waals surface area contributed by atoms with Gasteiger partial charge in [-0.25, -0.2) is 8.42 Å². The number of hydrogen-bond acceptors (Lipinski definition) is 8. The second-order valence-electron chi connectivity index (χ2n) is 10.1. The molecule has 2 N–H and O–H groups in total. The Kier molecular flexibility index (Phi) is 10.4. The van der Waals surface area contributed by atoms with E-state index in [2.05, 4.69) is 20.5 Å². The van der Waals surface area contributed by atoms with E-state index in [4.69, 9.17) is 11.6 Å². The zero-order valence-electron chi connectivity index (χ0n) is 23.8. The van der Waals surface area contributed by atoms with Crippen LogP contribution >= 0.6 is 22.9 Å². The van der Waals surface area contributed by atoms with Gasteiger partial charge in [0.25, 0.3) is 0 Å². The largest absolute Gasteiger partial charge is 0.355 e. The summed E-state index contributed by atoms with van der Waals surface area (Å²) in [6.07, 6.45) is -0.252. The molecule has 3 aromatic rings.